The fourth-order valence-corrected chi connectivity index (χ4v) is 4.81. The summed E-state index contributed by atoms with van der Waals surface area (Å²) >= 11 is 1.89. The lowest BCUT2D eigenvalue weighted by atomic mass is 10.2. The predicted octanol–water partition coefficient (Wildman–Crippen LogP) is 1.47. The molecule has 6 nitrogen and oxygen atoms in total. The van der Waals surface area contributed by atoms with Crippen LogP contribution in [-0.4, -0.2) is 49.1 Å². The van der Waals surface area contributed by atoms with E-state index < -0.39 is 0 Å². The molecule has 0 N–H and O–H groups in total. The summed E-state index contributed by atoms with van der Waals surface area (Å²) in [4.78, 5) is 19.3. The van der Waals surface area contributed by atoms with E-state index in [0.29, 0.717) is 12.6 Å². The third-order valence-corrected chi connectivity index (χ3v) is 6.34. The van der Waals surface area contributed by atoms with Crippen molar-refractivity contribution in [2.45, 2.75) is 44.0 Å². The summed E-state index contributed by atoms with van der Waals surface area (Å²) in [5.74, 6) is 3.15. The van der Waals surface area contributed by atoms with Crippen LogP contribution in [0.3, 0.4) is 0 Å². The van der Waals surface area contributed by atoms with Gasteiger partial charge in [0.1, 0.15) is 5.82 Å². The second-order valence-corrected chi connectivity index (χ2v) is 8.08. The van der Waals surface area contributed by atoms with Gasteiger partial charge >= 0.3 is 0 Å². The molecule has 1 fully saturated rings. The van der Waals surface area contributed by atoms with Crippen molar-refractivity contribution in [1.29, 1.82) is 0 Å². The molecule has 0 amide bonds. The molecular formula is C18H25N5OS. The van der Waals surface area contributed by atoms with Crippen molar-refractivity contribution < 1.29 is 0 Å². The average Bonchev–Trinajstić information content (AvgIpc) is 3.22. The Morgan fingerprint density at radius 1 is 1.40 bits per heavy atom. The van der Waals surface area contributed by atoms with Crippen LogP contribution in [0.4, 0.5) is 0 Å². The van der Waals surface area contributed by atoms with Crippen molar-refractivity contribution in [1.82, 2.24) is 24.2 Å². The molecule has 134 valence electrons. The lowest BCUT2D eigenvalue weighted by molar-refractivity contribution is 0.225. The summed E-state index contributed by atoms with van der Waals surface area (Å²) < 4.78 is 3.79. The zero-order chi connectivity index (χ0) is 17.2. The van der Waals surface area contributed by atoms with Crippen molar-refractivity contribution in [3.63, 3.8) is 0 Å². The zero-order valence-corrected chi connectivity index (χ0v) is 15.5. The maximum Gasteiger partial charge on any atom is 0.267 e. The van der Waals surface area contributed by atoms with E-state index >= 15 is 0 Å². The first-order valence-corrected chi connectivity index (χ1v) is 10.2. The maximum atomic E-state index is 12.4. The highest BCUT2D eigenvalue weighted by molar-refractivity contribution is 7.98. The molecule has 2 aliphatic heterocycles. The Morgan fingerprint density at radius 2 is 2.32 bits per heavy atom. The van der Waals surface area contributed by atoms with E-state index in [0.717, 1.165) is 60.9 Å². The number of thioether (sulfide) groups is 1. The van der Waals surface area contributed by atoms with Crippen LogP contribution in [0.5, 0.6) is 0 Å². The molecule has 25 heavy (non-hydrogen) atoms. The molecule has 0 saturated carbocycles. The van der Waals surface area contributed by atoms with Gasteiger partial charge in [0.15, 0.2) is 0 Å². The Bertz CT molecular complexity index is 799. The maximum absolute atomic E-state index is 12.4. The van der Waals surface area contributed by atoms with Crippen molar-refractivity contribution in [3.8, 4) is 0 Å². The Balaban J connectivity index is 1.44. The number of rotatable bonds is 5. The van der Waals surface area contributed by atoms with Gasteiger partial charge in [-0.15, -0.1) is 0 Å². The first-order valence-electron chi connectivity index (χ1n) is 9.08. The molecule has 7 heteroatoms. The second-order valence-electron chi connectivity index (χ2n) is 6.98. The Morgan fingerprint density at radius 3 is 3.16 bits per heavy atom. The van der Waals surface area contributed by atoms with Crippen LogP contribution < -0.4 is 5.56 Å². The summed E-state index contributed by atoms with van der Waals surface area (Å²) in [5, 5.41) is 4.68. The monoisotopic (exact) mass is 359 g/mol. The molecule has 2 aliphatic rings. The van der Waals surface area contributed by atoms with Gasteiger partial charge in [0.25, 0.3) is 5.56 Å². The molecule has 0 aromatic carbocycles. The number of likely N-dealkylation sites (tertiary alicyclic amines) is 1. The molecule has 4 rings (SSSR count). The number of hydrogen-bond donors (Lipinski definition) is 0. The number of aromatic nitrogens is 4. The highest BCUT2D eigenvalue weighted by Crippen LogP contribution is 2.22. The number of fused-ring (bicyclic) bond motifs is 1. The van der Waals surface area contributed by atoms with Crippen LogP contribution >= 0.6 is 11.8 Å². The van der Waals surface area contributed by atoms with Gasteiger partial charge in [-0.3, -0.25) is 9.69 Å². The van der Waals surface area contributed by atoms with Crippen molar-refractivity contribution in [3.05, 3.63) is 45.9 Å². The minimum atomic E-state index is 0.0530. The van der Waals surface area contributed by atoms with E-state index in [1.165, 1.54) is 6.42 Å². The summed E-state index contributed by atoms with van der Waals surface area (Å²) in [7, 11) is 2.04. The van der Waals surface area contributed by atoms with Gasteiger partial charge < -0.3 is 4.57 Å². The SMILES string of the molecule is Cn1ccnc1CCN1CCCC1Cn1nc2c(cc1=O)CSCC2. The lowest BCUT2D eigenvalue weighted by Gasteiger charge is -2.25. The van der Waals surface area contributed by atoms with Crippen LogP contribution in [0.15, 0.2) is 23.3 Å². The summed E-state index contributed by atoms with van der Waals surface area (Å²) in [6.45, 7) is 2.80. The molecule has 1 atom stereocenters. The topological polar surface area (TPSA) is 56.0 Å². The molecule has 4 heterocycles. The number of hydrogen-bond acceptors (Lipinski definition) is 5. The van der Waals surface area contributed by atoms with E-state index in [1.807, 2.05) is 37.3 Å². The molecule has 0 bridgehead atoms. The van der Waals surface area contributed by atoms with Crippen LogP contribution in [0.2, 0.25) is 0 Å². The normalized spacial score (nSPS) is 20.8. The zero-order valence-electron chi connectivity index (χ0n) is 14.7. The van der Waals surface area contributed by atoms with Gasteiger partial charge in [0.2, 0.25) is 0 Å². The van der Waals surface area contributed by atoms with Gasteiger partial charge in [0, 0.05) is 56.7 Å². The van der Waals surface area contributed by atoms with Gasteiger partial charge in [-0.05, 0) is 30.7 Å². The van der Waals surface area contributed by atoms with E-state index in [1.54, 1.807) is 4.68 Å². The van der Waals surface area contributed by atoms with Crippen molar-refractivity contribution in [2.75, 3.05) is 18.8 Å². The molecule has 2 aromatic heterocycles. The van der Waals surface area contributed by atoms with Crippen molar-refractivity contribution in [2.24, 2.45) is 7.05 Å². The second kappa shape index (κ2) is 7.33. The van der Waals surface area contributed by atoms with E-state index in [2.05, 4.69) is 19.5 Å². The molecule has 2 aromatic rings. The first kappa shape index (κ1) is 16.8. The van der Waals surface area contributed by atoms with Crippen molar-refractivity contribution >= 4 is 11.8 Å². The molecule has 1 saturated heterocycles. The summed E-state index contributed by atoms with van der Waals surface area (Å²) in [6, 6.07) is 2.21. The smallest absolute Gasteiger partial charge is 0.267 e. The fourth-order valence-electron chi connectivity index (χ4n) is 3.86. The number of imidazole rings is 1. The van der Waals surface area contributed by atoms with Gasteiger partial charge in [-0.1, -0.05) is 0 Å². The van der Waals surface area contributed by atoms with Gasteiger partial charge in [-0.2, -0.15) is 16.9 Å². The Hall–Kier alpha value is -1.60. The largest absolute Gasteiger partial charge is 0.338 e. The lowest BCUT2D eigenvalue weighted by Crippen LogP contribution is -2.38. The minimum absolute atomic E-state index is 0.0530. The first-order chi connectivity index (χ1) is 12.2. The van der Waals surface area contributed by atoms with Crippen LogP contribution in [0.25, 0.3) is 0 Å². The minimum Gasteiger partial charge on any atom is -0.338 e. The highest BCUT2D eigenvalue weighted by Gasteiger charge is 2.26. The number of nitrogens with zero attached hydrogens (tertiary/aromatic N) is 5. The molecular weight excluding hydrogens is 334 g/mol. The van der Waals surface area contributed by atoms with Crippen LogP contribution in [0.1, 0.15) is 29.9 Å². The molecule has 0 radical (unpaired) electrons. The van der Waals surface area contributed by atoms with E-state index in [9.17, 15) is 4.79 Å². The van der Waals surface area contributed by atoms with Crippen LogP contribution in [0, 0.1) is 0 Å². The van der Waals surface area contributed by atoms with E-state index in [-0.39, 0.29) is 5.56 Å². The third-order valence-electron chi connectivity index (χ3n) is 5.33. The molecule has 1 unspecified atom stereocenters. The summed E-state index contributed by atoms with van der Waals surface area (Å²) in [5.41, 5.74) is 2.31. The predicted molar refractivity (Wildman–Crippen MR) is 99.9 cm³/mol. The Kier molecular flexibility index (Phi) is 4.94. The molecule has 0 spiro atoms. The summed E-state index contributed by atoms with van der Waals surface area (Å²) in [6.07, 6.45) is 8.11. The molecule has 0 aliphatic carbocycles. The fraction of sp³-hybridized carbons (Fsp3) is 0.611. The highest BCUT2D eigenvalue weighted by atomic mass is 32.2. The number of aryl methyl sites for hydroxylation is 2. The Labute approximate surface area is 152 Å². The van der Waals surface area contributed by atoms with Gasteiger partial charge in [-0.25, -0.2) is 9.67 Å². The third kappa shape index (κ3) is 3.67. The van der Waals surface area contributed by atoms with E-state index in [4.69, 9.17) is 0 Å². The van der Waals surface area contributed by atoms with Gasteiger partial charge in [0.05, 0.1) is 12.2 Å². The standard InChI is InChI=1S/C18H25N5OS/c1-21-9-6-19-17(21)4-8-22-7-2-3-15(22)12-23-18(24)11-14-13-25-10-5-16(14)20-23/h6,9,11,15H,2-5,7-8,10,12-13H2,1H3. The van der Waals surface area contributed by atoms with Crippen LogP contribution in [-0.2, 0) is 32.2 Å². The quantitative estimate of drug-likeness (QED) is 0.809. The average molecular weight is 359 g/mol.